The Bertz CT molecular complexity index is 1180. The smallest absolute Gasteiger partial charge is 0.223 e. The second-order valence-electron chi connectivity index (χ2n) is 8.83. The van der Waals surface area contributed by atoms with Crippen LogP contribution in [0, 0.1) is 5.82 Å². The van der Waals surface area contributed by atoms with Crippen molar-refractivity contribution in [1.82, 2.24) is 19.5 Å². The molecule has 3 N–H and O–H groups in total. The van der Waals surface area contributed by atoms with E-state index in [2.05, 4.69) is 20.3 Å². The summed E-state index contributed by atoms with van der Waals surface area (Å²) in [7, 11) is 0. The van der Waals surface area contributed by atoms with Crippen LogP contribution in [0.4, 0.5) is 16.3 Å². The summed E-state index contributed by atoms with van der Waals surface area (Å²) in [5.41, 5.74) is 1.77. The zero-order valence-electron chi connectivity index (χ0n) is 18.4. The van der Waals surface area contributed by atoms with Gasteiger partial charge in [0.15, 0.2) is 5.82 Å². The molecule has 2 saturated heterocycles. The van der Waals surface area contributed by atoms with Crippen LogP contribution < -0.4 is 10.2 Å². The van der Waals surface area contributed by atoms with Crippen LogP contribution in [0.1, 0.15) is 26.3 Å². The third kappa shape index (κ3) is 4.12. The lowest BCUT2D eigenvalue weighted by atomic mass is 10.1. The summed E-state index contributed by atoms with van der Waals surface area (Å²) in [5, 5.41) is 23.3. The summed E-state index contributed by atoms with van der Waals surface area (Å²) in [6, 6.07) is 2.97. The predicted octanol–water partition coefficient (Wildman–Crippen LogP) is 2.61. The van der Waals surface area contributed by atoms with Crippen LogP contribution >= 0.6 is 11.6 Å². The maximum atomic E-state index is 15.2. The molecule has 0 amide bonds. The summed E-state index contributed by atoms with van der Waals surface area (Å²) in [6.45, 7) is 5.72. The van der Waals surface area contributed by atoms with E-state index >= 15 is 4.39 Å². The van der Waals surface area contributed by atoms with Crippen LogP contribution in [-0.4, -0.2) is 74.3 Å². The van der Waals surface area contributed by atoms with Crippen molar-refractivity contribution in [3.8, 4) is 11.3 Å². The van der Waals surface area contributed by atoms with Gasteiger partial charge < -0.3 is 29.7 Å². The molecule has 11 heteroatoms. The maximum Gasteiger partial charge on any atom is 0.223 e. The van der Waals surface area contributed by atoms with Gasteiger partial charge in [0.05, 0.1) is 47.3 Å². The second kappa shape index (κ2) is 8.68. The number of ether oxygens (including phenoxy) is 1. The van der Waals surface area contributed by atoms with Gasteiger partial charge in [0.1, 0.15) is 5.52 Å². The summed E-state index contributed by atoms with van der Waals surface area (Å²) < 4.78 is 22.4. The number of hydrogen-bond donors (Lipinski definition) is 3. The van der Waals surface area contributed by atoms with Gasteiger partial charge in [-0.2, -0.15) is 0 Å². The first-order chi connectivity index (χ1) is 15.8. The lowest BCUT2D eigenvalue weighted by Crippen LogP contribution is -2.52. The Kier molecular flexibility index (Phi) is 5.86. The van der Waals surface area contributed by atoms with Gasteiger partial charge in [0, 0.05) is 31.3 Å². The highest BCUT2D eigenvalue weighted by molar-refractivity contribution is 6.33. The molecule has 2 atom stereocenters. The van der Waals surface area contributed by atoms with E-state index in [-0.39, 0.29) is 29.2 Å². The van der Waals surface area contributed by atoms with Gasteiger partial charge in [-0.25, -0.2) is 19.3 Å². The van der Waals surface area contributed by atoms with Gasteiger partial charge >= 0.3 is 0 Å². The van der Waals surface area contributed by atoms with Crippen molar-refractivity contribution in [1.29, 1.82) is 0 Å². The van der Waals surface area contributed by atoms with E-state index in [1.807, 2.05) is 29.4 Å². The molecule has 1 aromatic carbocycles. The van der Waals surface area contributed by atoms with Crippen molar-refractivity contribution >= 4 is 34.5 Å². The topological polar surface area (TPSA) is 109 Å². The average molecular weight is 477 g/mol. The number of nitrogens with one attached hydrogen (secondary N) is 1. The van der Waals surface area contributed by atoms with Crippen molar-refractivity contribution in [3.05, 3.63) is 29.2 Å². The molecule has 33 heavy (non-hydrogen) atoms. The van der Waals surface area contributed by atoms with E-state index < -0.39 is 18.0 Å². The number of aliphatic hydroxyl groups is 2. The fourth-order valence-corrected chi connectivity index (χ4v) is 4.52. The Hall–Kier alpha value is -2.53. The Morgan fingerprint density at radius 1 is 1.24 bits per heavy atom. The van der Waals surface area contributed by atoms with Crippen LogP contribution in [-0.2, 0) is 4.74 Å². The molecule has 0 spiro atoms. The number of halogens is 2. The number of benzene rings is 1. The largest absolute Gasteiger partial charge is 0.389 e. The van der Waals surface area contributed by atoms with Gasteiger partial charge in [0.25, 0.3) is 0 Å². The summed E-state index contributed by atoms with van der Waals surface area (Å²) in [4.78, 5) is 15.2. The molecule has 2 fully saturated rings. The van der Waals surface area contributed by atoms with Gasteiger partial charge in [-0.15, -0.1) is 0 Å². The van der Waals surface area contributed by atoms with E-state index in [0.29, 0.717) is 54.8 Å². The zero-order valence-corrected chi connectivity index (χ0v) is 19.1. The average Bonchev–Trinajstić information content (AvgIpc) is 3.14. The molecule has 176 valence electrons. The van der Waals surface area contributed by atoms with Gasteiger partial charge in [-0.05, 0) is 32.4 Å². The maximum absolute atomic E-state index is 15.2. The first-order valence-corrected chi connectivity index (χ1v) is 11.4. The van der Waals surface area contributed by atoms with Gasteiger partial charge in [-0.3, -0.25) is 0 Å². The molecular formula is C22H26ClFN6O3. The third-order valence-corrected chi connectivity index (χ3v) is 6.33. The summed E-state index contributed by atoms with van der Waals surface area (Å²) in [5.74, 6) is 0.452. The second-order valence-corrected chi connectivity index (χ2v) is 9.24. The van der Waals surface area contributed by atoms with Crippen LogP contribution in [0.15, 0.2) is 18.3 Å². The van der Waals surface area contributed by atoms with Crippen LogP contribution in [0.3, 0.4) is 0 Å². The zero-order chi connectivity index (χ0) is 23.3. The van der Waals surface area contributed by atoms with E-state index in [0.717, 1.165) is 0 Å². The van der Waals surface area contributed by atoms with E-state index in [4.69, 9.17) is 16.3 Å². The molecule has 0 bridgehead atoms. The normalized spacial score (nSPS) is 21.6. The molecule has 3 aromatic rings. The van der Waals surface area contributed by atoms with Crippen LogP contribution in [0.2, 0.25) is 5.02 Å². The molecule has 5 rings (SSSR count). The molecular weight excluding hydrogens is 451 g/mol. The monoisotopic (exact) mass is 476 g/mol. The number of fused-ring (bicyclic) bond motifs is 1. The number of nitrogens with zero attached hydrogens (tertiary/aromatic N) is 5. The quantitative estimate of drug-likeness (QED) is 0.515. The standard InChI is InChI=1S/C22H26ClFN6O3/c1-11(2)30-17-6-12(5-15(24)20(17)28-22(30)29-8-13(31)9-29)19-14(23)7-25-21(27-19)26-16-3-4-33-10-18(16)32/h5-7,11,13,16,18,31-32H,3-4,8-10H2,1-2H3,(H,25,26,27)/t16-,18-/m1/s1. The first-order valence-electron chi connectivity index (χ1n) is 11.0. The molecule has 0 saturated carbocycles. The SMILES string of the molecule is CC(C)n1c(N2CC(O)C2)nc2c(F)cc(-c3nc(N[C@@H]4CCOC[C@H]4O)ncc3Cl)cc21. The highest BCUT2D eigenvalue weighted by Crippen LogP contribution is 2.35. The molecule has 9 nitrogen and oxygen atoms in total. The number of aliphatic hydroxyl groups excluding tert-OH is 2. The Morgan fingerprint density at radius 3 is 2.73 bits per heavy atom. The van der Waals surface area contributed by atoms with E-state index in [1.54, 1.807) is 0 Å². The molecule has 4 heterocycles. The van der Waals surface area contributed by atoms with Gasteiger partial charge in [-0.1, -0.05) is 11.6 Å². The Morgan fingerprint density at radius 2 is 2.03 bits per heavy atom. The Balaban J connectivity index is 1.55. The van der Waals surface area contributed by atoms with Crippen molar-refractivity contribution in [2.24, 2.45) is 0 Å². The van der Waals surface area contributed by atoms with Crippen molar-refractivity contribution in [2.75, 3.05) is 36.5 Å². The first kappa shape index (κ1) is 22.3. The van der Waals surface area contributed by atoms with Crippen molar-refractivity contribution < 1.29 is 19.3 Å². The third-order valence-electron chi connectivity index (χ3n) is 6.05. The summed E-state index contributed by atoms with van der Waals surface area (Å²) >= 11 is 6.41. The lowest BCUT2D eigenvalue weighted by molar-refractivity contribution is -0.0136. The molecule has 0 radical (unpaired) electrons. The number of β-amino-alcohol motifs (C(OH)–C–C–N with tert-alkyl or cyclic N) is 1. The summed E-state index contributed by atoms with van der Waals surface area (Å²) in [6.07, 6.45) is 1.01. The van der Waals surface area contributed by atoms with Gasteiger partial charge in [0.2, 0.25) is 11.9 Å². The Labute approximate surface area is 195 Å². The number of aromatic nitrogens is 4. The van der Waals surface area contributed by atoms with Crippen molar-refractivity contribution in [2.45, 2.75) is 44.6 Å². The molecule has 2 aliphatic rings. The highest BCUT2D eigenvalue weighted by Gasteiger charge is 2.31. The molecule has 2 aliphatic heterocycles. The predicted molar refractivity (Wildman–Crippen MR) is 123 cm³/mol. The fraction of sp³-hybridized carbons (Fsp3) is 0.500. The van der Waals surface area contributed by atoms with E-state index in [9.17, 15) is 10.2 Å². The molecule has 2 aromatic heterocycles. The number of imidazole rings is 1. The van der Waals surface area contributed by atoms with Crippen LogP contribution in [0.25, 0.3) is 22.3 Å². The van der Waals surface area contributed by atoms with E-state index in [1.165, 1.54) is 12.3 Å². The minimum atomic E-state index is -0.672. The molecule has 0 unspecified atom stereocenters. The highest BCUT2D eigenvalue weighted by atomic mass is 35.5. The minimum absolute atomic E-state index is 0.0190. The van der Waals surface area contributed by atoms with Crippen molar-refractivity contribution in [3.63, 3.8) is 0 Å². The number of anilines is 2. The van der Waals surface area contributed by atoms with Crippen LogP contribution in [0.5, 0.6) is 0 Å². The number of hydrogen-bond acceptors (Lipinski definition) is 8. The number of rotatable bonds is 5. The molecule has 0 aliphatic carbocycles. The fourth-order valence-electron chi connectivity index (χ4n) is 4.32. The minimum Gasteiger partial charge on any atom is -0.389 e. The lowest BCUT2D eigenvalue weighted by Gasteiger charge is -2.37.